The zero-order valence-electron chi connectivity index (χ0n) is 21.0. The molecule has 2 atom stereocenters. The van der Waals surface area contributed by atoms with Gasteiger partial charge in [-0.15, -0.1) is 0 Å². The summed E-state index contributed by atoms with van der Waals surface area (Å²) in [6.07, 6.45) is 1.29. The molecule has 4 N–H and O–H groups in total. The van der Waals surface area contributed by atoms with Crippen molar-refractivity contribution in [3.8, 4) is 11.1 Å². The van der Waals surface area contributed by atoms with Gasteiger partial charge in [-0.05, 0) is 54.4 Å². The molecule has 3 aromatic rings. The number of anilines is 2. The first-order valence-corrected chi connectivity index (χ1v) is 14.2. The van der Waals surface area contributed by atoms with Crippen LogP contribution in [0.2, 0.25) is 5.02 Å². The summed E-state index contributed by atoms with van der Waals surface area (Å²) in [5.41, 5.74) is -0.456. The molecule has 1 aliphatic carbocycles. The minimum absolute atomic E-state index is 0.0508. The molecule has 1 fully saturated rings. The van der Waals surface area contributed by atoms with Gasteiger partial charge in [-0.1, -0.05) is 35.9 Å². The number of urea groups is 1. The molecule has 0 aliphatic heterocycles. The minimum Gasteiger partial charge on any atom is -0.356 e. The monoisotopic (exact) mass is 572 g/mol. The molecule has 0 bridgehead atoms. The van der Waals surface area contributed by atoms with Crippen LogP contribution >= 0.6 is 11.6 Å². The van der Waals surface area contributed by atoms with Crippen LogP contribution < -0.4 is 21.3 Å². The topological polar surface area (TPSA) is 133 Å². The van der Waals surface area contributed by atoms with Crippen LogP contribution in [0.4, 0.5) is 20.6 Å². The summed E-state index contributed by atoms with van der Waals surface area (Å²) < 4.78 is 39.5. The van der Waals surface area contributed by atoms with Crippen LogP contribution in [-0.4, -0.2) is 44.6 Å². The molecule has 9 nitrogen and oxygen atoms in total. The number of hydrogen-bond donors (Lipinski definition) is 4. The van der Waals surface area contributed by atoms with Gasteiger partial charge >= 0.3 is 6.03 Å². The highest BCUT2D eigenvalue weighted by Gasteiger charge is 2.61. The lowest BCUT2D eigenvalue weighted by atomic mass is 10.0. The van der Waals surface area contributed by atoms with E-state index in [1.54, 1.807) is 42.5 Å². The van der Waals surface area contributed by atoms with Gasteiger partial charge in [0.05, 0.1) is 10.6 Å². The van der Waals surface area contributed by atoms with Crippen molar-refractivity contribution in [2.75, 3.05) is 23.4 Å². The van der Waals surface area contributed by atoms with Gasteiger partial charge in [0.1, 0.15) is 11.4 Å². The highest BCUT2D eigenvalue weighted by Crippen LogP contribution is 2.44. The van der Waals surface area contributed by atoms with Crippen molar-refractivity contribution in [3.05, 3.63) is 77.6 Å². The molecule has 0 radical (unpaired) electrons. The molecule has 0 aromatic heterocycles. The van der Waals surface area contributed by atoms with Gasteiger partial charge in [-0.25, -0.2) is 17.6 Å². The molecule has 204 valence electrons. The van der Waals surface area contributed by atoms with Gasteiger partial charge in [0.15, 0.2) is 9.84 Å². The second-order valence-electron chi connectivity index (χ2n) is 9.31. The molecular weight excluding hydrogens is 547 g/mol. The molecule has 0 saturated heterocycles. The van der Waals surface area contributed by atoms with E-state index in [4.69, 9.17) is 11.6 Å². The Morgan fingerprint density at radius 1 is 1.03 bits per heavy atom. The predicted molar refractivity (Wildman–Crippen MR) is 147 cm³/mol. The van der Waals surface area contributed by atoms with E-state index in [9.17, 15) is 22.8 Å². The fraction of sp³-hybridized carbons (Fsp3) is 0.222. The number of carbonyl (C=O) groups is 3. The Morgan fingerprint density at radius 3 is 2.36 bits per heavy atom. The van der Waals surface area contributed by atoms with Gasteiger partial charge in [-0.2, -0.15) is 0 Å². The average Bonchev–Trinajstić information content (AvgIpc) is 3.58. The van der Waals surface area contributed by atoms with Gasteiger partial charge < -0.3 is 21.3 Å². The number of halogens is 2. The number of nitrogens with one attached hydrogen (secondary N) is 4. The lowest BCUT2D eigenvalue weighted by molar-refractivity contribution is -0.120. The van der Waals surface area contributed by atoms with E-state index < -0.39 is 39.0 Å². The Hall–Kier alpha value is -3.96. The maximum atomic E-state index is 15.1. The first-order chi connectivity index (χ1) is 18.4. The van der Waals surface area contributed by atoms with Crippen LogP contribution in [0.5, 0.6) is 0 Å². The summed E-state index contributed by atoms with van der Waals surface area (Å²) in [5.74, 6) is -2.17. The molecule has 0 spiro atoms. The number of hydrogen-bond acceptors (Lipinski definition) is 5. The molecule has 1 saturated carbocycles. The van der Waals surface area contributed by atoms with Crippen molar-refractivity contribution in [1.29, 1.82) is 0 Å². The summed E-state index contributed by atoms with van der Waals surface area (Å²) >= 11 is 5.87. The van der Waals surface area contributed by atoms with Crippen molar-refractivity contribution in [2.45, 2.75) is 23.8 Å². The molecule has 4 rings (SSSR count). The van der Waals surface area contributed by atoms with E-state index in [2.05, 4.69) is 21.3 Å². The first-order valence-electron chi connectivity index (χ1n) is 11.9. The Morgan fingerprint density at radius 2 is 1.72 bits per heavy atom. The highest BCUT2D eigenvalue weighted by molar-refractivity contribution is 7.90. The molecule has 39 heavy (non-hydrogen) atoms. The van der Waals surface area contributed by atoms with Crippen molar-refractivity contribution >= 4 is 50.7 Å². The molecule has 1 aliphatic rings. The maximum Gasteiger partial charge on any atom is 0.320 e. The Bertz CT molecular complexity index is 1550. The standard InChI is InChI=1S/C27H26ClFN4O5S/c1-16(34)30-15-18-14-27(18,33-26(36)31-20-10-8-19(28)9-11-20)25(35)32-23-12-7-17(13-22(23)29)21-5-3-4-6-24(21)39(2,37)38/h3-13,18H,14-15H2,1-2H3,(H,30,34)(H,32,35)(H2,31,33,36)/t18-,27+/m0/s1. The average molecular weight is 573 g/mol. The first kappa shape index (κ1) is 28.1. The Labute approximate surface area is 230 Å². The lowest BCUT2D eigenvalue weighted by Gasteiger charge is -2.20. The number of amides is 4. The highest BCUT2D eigenvalue weighted by atomic mass is 35.5. The zero-order valence-corrected chi connectivity index (χ0v) is 22.6. The van der Waals surface area contributed by atoms with Crippen LogP contribution in [0, 0.1) is 11.7 Å². The second kappa shape index (κ2) is 11.0. The minimum atomic E-state index is -3.56. The van der Waals surface area contributed by atoms with E-state index in [0.717, 1.165) is 12.3 Å². The molecule has 0 heterocycles. The molecular formula is C27H26ClFN4O5S. The molecule has 4 amide bonds. The number of rotatable bonds is 8. The SMILES string of the molecule is CC(=O)NC[C@@H]1C[C@]1(NC(=O)Nc1ccc(Cl)cc1)C(=O)Nc1ccc(-c2ccccc2S(C)(=O)=O)cc1F. The fourth-order valence-corrected chi connectivity index (χ4v) is 5.31. The summed E-state index contributed by atoms with van der Waals surface area (Å²) in [6, 6.07) is 15.9. The maximum absolute atomic E-state index is 15.1. The van der Waals surface area contributed by atoms with Crippen molar-refractivity contribution in [1.82, 2.24) is 10.6 Å². The van der Waals surface area contributed by atoms with Crippen molar-refractivity contribution in [3.63, 3.8) is 0 Å². The summed E-state index contributed by atoms with van der Waals surface area (Å²) in [7, 11) is -3.56. The van der Waals surface area contributed by atoms with Crippen LogP contribution in [0.1, 0.15) is 13.3 Å². The van der Waals surface area contributed by atoms with Crippen LogP contribution in [0.25, 0.3) is 11.1 Å². The van der Waals surface area contributed by atoms with E-state index in [-0.39, 0.29) is 29.5 Å². The number of carbonyl (C=O) groups excluding carboxylic acids is 3. The molecule has 0 unspecified atom stereocenters. The lowest BCUT2D eigenvalue weighted by Crippen LogP contribution is -2.50. The van der Waals surface area contributed by atoms with Crippen LogP contribution in [-0.2, 0) is 19.4 Å². The fourth-order valence-electron chi connectivity index (χ4n) is 4.28. The Balaban J connectivity index is 1.54. The summed E-state index contributed by atoms with van der Waals surface area (Å²) in [5, 5.41) is 10.9. The molecule has 3 aromatic carbocycles. The van der Waals surface area contributed by atoms with Crippen molar-refractivity contribution < 1.29 is 27.2 Å². The third kappa shape index (κ3) is 6.55. The molecule has 12 heteroatoms. The third-order valence-corrected chi connectivity index (χ3v) is 7.77. The van der Waals surface area contributed by atoms with E-state index in [0.29, 0.717) is 21.8 Å². The van der Waals surface area contributed by atoms with E-state index in [1.807, 2.05) is 0 Å². The van der Waals surface area contributed by atoms with Crippen LogP contribution in [0.3, 0.4) is 0 Å². The quantitative estimate of drug-likeness (QED) is 0.321. The number of sulfone groups is 1. The predicted octanol–water partition coefficient (Wildman–Crippen LogP) is 4.20. The van der Waals surface area contributed by atoms with Gasteiger partial charge in [0, 0.05) is 41.9 Å². The van der Waals surface area contributed by atoms with E-state index in [1.165, 1.54) is 25.1 Å². The van der Waals surface area contributed by atoms with Crippen molar-refractivity contribution in [2.24, 2.45) is 5.92 Å². The normalized spacial score (nSPS) is 18.1. The summed E-state index contributed by atoms with van der Waals surface area (Å²) in [4.78, 5) is 37.5. The summed E-state index contributed by atoms with van der Waals surface area (Å²) in [6.45, 7) is 1.47. The number of benzene rings is 3. The van der Waals surface area contributed by atoms with Gasteiger partial charge in [-0.3, -0.25) is 9.59 Å². The second-order valence-corrected chi connectivity index (χ2v) is 11.7. The van der Waals surface area contributed by atoms with E-state index >= 15 is 4.39 Å². The Kier molecular flexibility index (Phi) is 7.94. The third-order valence-electron chi connectivity index (χ3n) is 6.36. The van der Waals surface area contributed by atoms with Gasteiger partial charge in [0.2, 0.25) is 5.91 Å². The van der Waals surface area contributed by atoms with Crippen LogP contribution in [0.15, 0.2) is 71.6 Å². The largest absolute Gasteiger partial charge is 0.356 e. The van der Waals surface area contributed by atoms with Gasteiger partial charge in [0.25, 0.3) is 5.91 Å². The smallest absolute Gasteiger partial charge is 0.320 e. The zero-order chi connectivity index (χ0) is 28.4.